The van der Waals surface area contributed by atoms with Crippen LogP contribution in [0.2, 0.25) is 0 Å². The van der Waals surface area contributed by atoms with Gasteiger partial charge < -0.3 is 10.2 Å². The van der Waals surface area contributed by atoms with E-state index in [1.807, 2.05) is 6.08 Å². The molecule has 0 radical (unpaired) electrons. The standard InChI is InChI=1S/C13H16N2S/c1-3-8-14-13(16)15-10(2)9-11-6-4-5-7-12(11)15/h3-7,10H,1,8-9H2,2H3,(H,14,16)/t10-/m1/s1. The molecule has 0 unspecified atom stereocenters. The van der Waals surface area contributed by atoms with Crippen molar-refractivity contribution in [1.82, 2.24) is 5.32 Å². The molecule has 0 aromatic heterocycles. The summed E-state index contributed by atoms with van der Waals surface area (Å²) >= 11 is 5.40. The molecular weight excluding hydrogens is 216 g/mol. The van der Waals surface area contributed by atoms with Gasteiger partial charge in [0.2, 0.25) is 0 Å². The monoisotopic (exact) mass is 232 g/mol. The highest BCUT2D eigenvalue weighted by molar-refractivity contribution is 7.80. The molecule has 0 saturated heterocycles. The first-order valence-corrected chi connectivity index (χ1v) is 5.90. The zero-order valence-corrected chi connectivity index (χ0v) is 10.3. The fourth-order valence-electron chi connectivity index (χ4n) is 2.12. The molecule has 1 aliphatic heterocycles. The molecule has 0 amide bonds. The molecule has 1 aromatic carbocycles. The van der Waals surface area contributed by atoms with Crippen molar-refractivity contribution in [2.75, 3.05) is 11.4 Å². The lowest BCUT2D eigenvalue weighted by Gasteiger charge is -2.25. The quantitative estimate of drug-likeness (QED) is 0.623. The van der Waals surface area contributed by atoms with Crippen LogP contribution in [0.5, 0.6) is 0 Å². The van der Waals surface area contributed by atoms with Gasteiger partial charge in [0.15, 0.2) is 5.11 Å². The van der Waals surface area contributed by atoms with Crippen molar-refractivity contribution < 1.29 is 0 Å². The minimum atomic E-state index is 0.433. The van der Waals surface area contributed by atoms with Gasteiger partial charge in [-0.05, 0) is 37.2 Å². The highest BCUT2D eigenvalue weighted by Gasteiger charge is 2.27. The maximum absolute atomic E-state index is 5.40. The number of hydrogen-bond donors (Lipinski definition) is 1. The van der Waals surface area contributed by atoms with Crippen LogP contribution in [0.15, 0.2) is 36.9 Å². The summed E-state index contributed by atoms with van der Waals surface area (Å²) in [7, 11) is 0. The van der Waals surface area contributed by atoms with Crippen molar-refractivity contribution in [3.8, 4) is 0 Å². The van der Waals surface area contributed by atoms with Gasteiger partial charge in [-0.3, -0.25) is 0 Å². The number of thiocarbonyl (C=S) groups is 1. The molecule has 16 heavy (non-hydrogen) atoms. The van der Waals surface area contributed by atoms with Gasteiger partial charge in [-0.2, -0.15) is 0 Å². The second kappa shape index (κ2) is 4.66. The molecule has 1 aromatic rings. The highest BCUT2D eigenvalue weighted by atomic mass is 32.1. The van der Waals surface area contributed by atoms with Crippen LogP contribution in [0.25, 0.3) is 0 Å². The van der Waals surface area contributed by atoms with E-state index in [9.17, 15) is 0 Å². The van der Waals surface area contributed by atoms with Crippen LogP contribution < -0.4 is 10.2 Å². The Morgan fingerprint density at radius 1 is 1.62 bits per heavy atom. The van der Waals surface area contributed by atoms with Crippen LogP contribution in [0.4, 0.5) is 5.69 Å². The first kappa shape index (κ1) is 11.1. The summed E-state index contributed by atoms with van der Waals surface area (Å²) in [4.78, 5) is 2.19. The van der Waals surface area contributed by atoms with E-state index in [0.29, 0.717) is 12.6 Å². The van der Waals surface area contributed by atoms with E-state index >= 15 is 0 Å². The number of hydrogen-bond acceptors (Lipinski definition) is 1. The van der Waals surface area contributed by atoms with Gasteiger partial charge in [0.05, 0.1) is 0 Å². The Balaban J connectivity index is 2.21. The molecule has 3 heteroatoms. The van der Waals surface area contributed by atoms with Crippen LogP contribution in [-0.2, 0) is 6.42 Å². The smallest absolute Gasteiger partial charge is 0.173 e. The molecule has 0 bridgehead atoms. The lowest BCUT2D eigenvalue weighted by Crippen LogP contribution is -2.43. The van der Waals surface area contributed by atoms with Gasteiger partial charge in [0.25, 0.3) is 0 Å². The summed E-state index contributed by atoms with van der Waals surface area (Å²) in [6.45, 7) is 6.59. The van der Waals surface area contributed by atoms with Gasteiger partial charge in [-0.25, -0.2) is 0 Å². The minimum Gasteiger partial charge on any atom is -0.359 e. The molecule has 1 atom stereocenters. The molecule has 1 heterocycles. The predicted molar refractivity (Wildman–Crippen MR) is 72.9 cm³/mol. The second-order valence-electron chi connectivity index (χ2n) is 4.03. The zero-order chi connectivity index (χ0) is 11.5. The van der Waals surface area contributed by atoms with E-state index in [-0.39, 0.29) is 0 Å². The normalized spacial score (nSPS) is 18.1. The Hall–Kier alpha value is -1.35. The summed E-state index contributed by atoms with van der Waals surface area (Å²) in [6, 6.07) is 8.86. The van der Waals surface area contributed by atoms with Crippen molar-refractivity contribution in [2.45, 2.75) is 19.4 Å². The maximum Gasteiger partial charge on any atom is 0.173 e. The fourth-order valence-corrected chi connectivity index (χ4v) is 2.48. The third-order valence-corrected chi connectivity index (χ3v) is 3.16. The second-order valence-corrected chi connectivity index (χ2v) is 4.41. The first-order chi connectivity index (χ1) is 7.74. The SMILES string of the molecule is C=CCNC(=S)N1c2ccccc2C[C@H]1C. The summed E-state index contributed by atoms with van der Waals surface area (Å²) < 4.78 is 0. The topological polar surface area (TPSA) is 15.3 Å². The molecule has 0 saturated carbocycles. The van der Waals surface area contributed by atoms with E-state index in [1.54, 1.807) is 0 Å². The molecule has 2 rings (SSSR count). The number of benzene rings is 1. The van der Waals surface area contributed by atoms with Crippen LogP contribution >= 0.6 is 12.2 Å². The highest BCUT2D eigenvalue weighted by Crippen LogP contribution is 2.31. The van der Waals surface area contributed by atoms with Crippen molar-refractivity contribution in [2.24, 2.45) is 0 Å². The zero-order valence-electron chi connectivity index (χ0n) is 9.44. The van der Waals surface area contributed by atoms with Crippen LogP contribution in [0.1, 0.15) is 12.5 Å². The molecular formula is C13H16N2S. The van der Waals surface area contributed by atoms with Crippen LogP contribution in [-0.4, -0.2) is 17.7 Å². The van der Waals surface area contributed by atoms with E-state index in [0.717, 1.165) is 11.5 Å². The average Bonchev–Trinajstić information content (AvgIpc) is 2.62. The van der Waals surface area contributed by atoms with Gasteiger partial charge in [0.1, 0.15) is 0 Å². The average molecular weight is 232 g/mol. The molecule has 84 valence electrons. The van der Waals surface area contributed by atoms with Crippen molar-refractivity contribution in [3.63, 3.8) is 0 Å². The summed E-state index contributed by atoms with van der Waals surface area (Å²) in [6.07, 6.45) is 2.88. The Bertz CT molecular complexity index is 414. The van der Waals surface area contributed by atoms with E-state index in [1.165, 1.54) is 11.3 Å². The van der Waals surface area contributed by atoms with Crippen LogP contribution in [0, 0.1) is 0 Å². The maximum atomic E-state index is 5.40. The molecule has 1 aliphatic rings. The number of nitrogens with one attached hydrogen (secondary N) is 1. The lowest BCUT2D eigenvalue weighted by atomic mass is 10.1. The number of fused-ring (bicyclic) bond motifs is 1. The number of rotatable bonds is 2. The summed E-state index contributed by atoms with van der Waals surface area (Å²) in [5.74, 6) is 0. The molecule has 0 aliphatic carbocycles. The van der Waals surface area contributed by atoms with Gasteiger partial charge in [0, 0.05) is 18.3 Å². The Morgan fingerprint density at radius 2 is 2.38 bits per heavy atom. The van der Waals surface area contributed by atoms with Crippen LogP contribution in [0.3, 0.4) is 0 Å². The molecule has 0 fully saturated rings. The summed E-state index contributed by atoms with van der Waals surface area (Å²) in [5.41, 5.74) is 2.61. The van der Waals surface area contributed by atoms with Crippen molar-refractivity contribution >= 4 is 23.0 Å². The molecule has 0 spiro atoms. The first-order valence-electron chi connectivity index (χ1n) is 5.50. The minimum absolute atomic E-state index is 0.433. The molecule has 1 N–H and O–H groups in total. The fraction of sp³-hybridized carbons (Fsp3) is 0.308. The number of nitrogens with zero attached hydrogens (tertiary/aromatic N) is 1. The number of anilines is 1. The van der Waals surface area contributed by atoms with Gasteiger partial charge in [-0.15, -0.1) is 6.58 Å². The third kappa shape index (κ3) is 1.95. The predicted octanol–water partition coefficient (Wildman–Crippen LogP) is 2.50. The third-order valence-electron chi connectivity index (χ3n) is 2.82. The number of para-hydroxylation sites is 1. The Morgan fingerprint density at radius 3 is 3.12 bits per heavy atom. The van der Waals surface area contributed by atoms with Crippen molar-refractivity contribution in [1.29, 1.82) is 0 Å². The van der Waals surface area contributed by atoms with E-state index in [4.69, 9.17) is 12.2 Å². The Kier molecular flexibility index (Phi) is 3.25. The van der Waals surface area contributed by atoms with Gasteiger partial charge >= 0.3 is 0 Å². The largest absolute Gasteiger partial charge is 0.359 e. The van der Waals surface area contributed by atoms with E-state index in [2.05, 4.69) is 48.0 Å². The van der Waals surface area contributed by atoms with Gasteiger partial charge in [-0.1, -0.05) is 24.3 Å². The summed E-state index contributed by atoms with van der Waals surface area (Å²) in [5, 5.41) is 3.97. The van der Waals surface area contributed by atoms with E-state index < -0.39 is 0 Å². The lowest BCUT2D eigenvalue weighted by molar-refractivity contribution is 0.763. The Labute approximate surface area is 102 Å². The molecule has 2 nitrogen and oxygen atoms in total. The van der Waals surface area contributed by atoms with Crippen molar-refractivity contribution in [3.05, 3.63) is 42.5 Å².